The van der Waals surface area contributed by atoms with E-state index in [1.54, 1.807) is 30.3 Å². The highest BCUT2D eigenvalue weighted by Crippen LogP contribution is 2.31. The molecule has 0 fully saturated rings. The van der Waals surface area contributed by atoms with E-state index in [0.717, 1.165) is 29.5 Å². The van der Waals surface area contributed by atoms with Gasteiger partial charge in [0.1, 0.15) is 22.4 Å². The molecule has 0 spiro atoms. The first-order valence-corrected chi connectivity index (χ1v) is 8.31. The van der Waals surface area contributed by atoms with E-state index < -0.39 is 38.1 Å². The molecule has 3 aromatic rings. The molecule has 0 aliphatic carbocycles. The molecule has 0 saturated heterocycles. The minimum atomic E-state index is -0.859. The van der Waals surface area contributed by atoms with Gasteiger partial charge in [0.15, 0.2) is 0 Å². The van der Waals surface area contributed by atoms with Crippen molar-refractivity contribution in [3.63, 3.8) is 0 Å². The number of hydrogen-bond donors (Lipinski definition) is 1. The fourth-order valence-electron chi connectivity index (χ4n) is 2.41. The zero-order valence-corrected chi connectivity index (χ0v) is 14.5. The van der Waals surface area contributed by atoms with Gasteiger partial charge < -0.3 is 5.11 Å². The minimum Gasteiger partial charge on any atom is -0.506 e. The van der Waals surface area contributed by atoms with Gasteiger partial charge in [0.05, 0.1) is 21.3 Å². The number of aliphatic hydroxyl groups excluding tert-OH is 1. The highest BCUT2D eigenvalue weighted by Gasteiger charge is 2.21. The number of nitro groups is 2. The number of nitriles is 1. The molecule has 0 radical (unpaired) electrons. The van der Waals surface area contributed by atoms with Crippen LogP contribution in [0, 0.1) is 31.6 Å². The SMILES string of the molecule is N#C/C(=C(/O)c1cc([N+](=O)[O-])cc([N+](=O)[O-])c1)c1nc(=O)c2ccccc2s1. The third-order valence-corrected chi connectivity index (χ3v) is 4.75. The molecule has 0 atom stereocenters. The van der Waals surface area contributed by atoms with Gasteiger partial charge in [-0.1, -0.05) is 12.1 Å². The van der Waals surface area contributed by atoms with Crippen LogP contribution in [0.4, 0.5) is 11.4 Å². The first-order valence-electron chi connectivity index (χ1n) is 7.49. The standard InChI is InChI=1S/C17H8N4O6S/c18-8-13(17-19-16(23)12-3-1-2-4-14(12)28-17)15(22)9-5-10(20(24)25)7-11(6-9)21(26)27/h1-7,22H/b15-13-. The summed E-state index contributed by atoms with van der Waals surface area (Å²) in [6, 6.07) is 10.8. The average molecular weight is 396 g/mol. The Morgan fingerprint density at radius 1 is 1.11 bits per heavy atom. The number of allylic oxidation sites excluding steroid dienone is 1. The summed E-state index contributed by atoms with van der Waals surface area (Å²) >= 11 is 0.958. The van der Waals surface area contributed by atoms with Gasteiger partial charge in [-0.3, -0.25) is 25.0 Å². The van der Waals surface area contributed by atoms with Crippen LogP contribution in [0.2, 0.25) is 0 Å². The van der Waals surface area contributed by atoms with Crippen molar-refractivity contribution in [3.05, 3.63) is 83.6 Å². The van der Waals surface area contributed by atoms with E-state index in [2.05, 4.69) is 4.98 Å². The number of non-ortho nitro benzene ring substituents is 2. The van der Waals surface area contributed by atoms with Gasteiger partial charge in [-0.15, -0.1) is 11.3 Å². The lowest BCUT2D eigenvalue weighted by Gasteiger charge is -2.05. The second-order valence-corrected chi connectivity index (χ2v) is 6.44. The summed E-state index contributed by atoms with van der Waals surface area (Å²) in [6.45, 7) is 0. The fraction of sp³-hybridized carbons (Fsp3) is 0. The molecule has 3 rings (SSSR count). The average Bonchev–Trinajstić information content (AvgIpc) is 2.68. The number of nitrogens with zero attached hydrogens (tertiary/aromatic N) is 4. The van der Waals surface area contributed by atoms with Crippen LogP contribution in [0.5, 0.6) is 0 Å². The first kappa shape index (κ1) is 18.6. The molecule has 0 amide bonds. The Kier molecular flexibility index (Phi) is 4.80. The van der Waals surface area contributed by atoms with Crippen LogP contribution in [-0.4, -0.2) is 19.9 Å². The third kappa shape index (κ3) is 3.39. The zero-order chi connectivity index (χ0) is 20.4. The number of aliphatic hydroxyl groups is 1. The second kappa shape index (κ2) is 7.22. The van der Waals surface area contributed by atoms with Crippen LogP contribution in [0.3, 0.4) is 0 Å². The van der Waals surface area contributed by atoms with Gasteiger partial charge in [0.25, 0.3) is 16.9 Å². The third-order valence-electron chi connectivity index (χ3n) is 3.69. The highest BCUT2D eigenvalue weighted by molar-refractivity contribution is 7.19. The molecule has 0 aliphatic rings. The predicted octanol–water partition coefficient (Wildman–Crippen LogP) is 3.42. The van der Waals surface area contributed by atoms with E-state index in [1.165, 1.54) is 0 Å². The normalized spacial score (nSPS) is 11.5. The Balaban J connectivity index is 2.27. The van der Waals surface area contributed by atoms with E-state index >= 15 is 0 Å². The van der Waals surface area contributed by atoms with Gasteiger partial charge >= 0.3 is 0 Å². The molecule has 0 aliphatic heterocycles. The number of rotatable bonds is 4. The van der Waals surface area contributed by atoms with Crippen LogP contribution in [-0.2, 0) is 0 Å². The van der Waals surface area contributed by atoms with E-state index in [9.17, 15) is 35.4 Å². The monoisotopic (exact) mass is 396 g/mol. The Labute approximate surface area is 159 Å². The van der Waals surface area contributed by atoms with Gasteiger partial charge in [-0.25, -0.2) is 0 Å². The zero-order valence-electron chi connectivity index (χ0n) is 13.7. The molecule has 1 aromatic heterocycles. The van der Waals surface area contributed by atoms with Crippen molar-refractivity contribution in [3.8, 4) is 6.07 Å². The van der Waals surface area contributed by atoms with Gasteiger partial charge in [-0.05, 0) is 12.1 Å². The predicted molar refractivity (Wildman–Crippen MR) is 101 cm³/mol. The molecule has 11 heteroatoms. The quantitative estimate of drug-likeness (QED) is 0.304. The van der Waals surface area contributed by atoms with Crippen LogP contribution in [0.1, 0.15) is 10.6 Å². The Bertz CT molecular complexity index is 1240. The Morgan fingerprint density at radius 2 is 1.71 bits per heavy atom. The van der Waals surface area contributed by atoms with Gasteiger partial charge in [0, 0.05) is 22.4 Å². The highest BCUT2D eigenvalue weighted by atomic mass is 32.1. The molecule has 0 unspecified atom stereocenters. The van der Waals surface area contributed by atoms with Crippen LogP contribution >= 0.6 is 11.3 Å². The van der Waals surface area contributed by atoms with Crippen molar-refractivity contribution in [2.75, 3.05) is 0 Å². The summed E-state index contributed by atoms with van der Waals surface area (Å²) in [7, 11) is 0. The summed E-state index contributed by atoms with van der Waals surface area (Å²) in [6.07, 6.45) is 0. The van der Waals surface area contributed by atoms with Crippen molar-refractivity contribution in [2.45, 2.75) is 0 Å². The molecule has 0 saturated carbocycles. The maximum atomic E-state index is 12.2. The number of hydrogen-bond acceptors (Lipinski definition) is 9. The first-order chi connectivity index (χ1) is 13.3. The van der Waals surface area contributed by atoms with Gasteiger partial charge in [0.2, 0.25) is 0 Å². The lowest BCUT2D eigenvalue weighted by Crippen LogP contribution is -2.07. The molecular formula is C17H8N4O6S. The van der Waals surface area contributed by atoms with E-state index in [-0.39, 0.29) is 10.6 Å². The van der Waals surface area contributed by atoms with Crippen LogP contribution in [0.25, 0.3) is 21.4 Å². The molecule has 0 bridgehead atoms. The maximum absolute atomic E-state index is 12.2. The summed E-state index contributed by atoms with van der Waals surface area (Å²) in [4.78, 5) is 36.3. The van der Waals surface area contributed by atoms with Gasteiger partial charge in [-0.2, -0.15) is 10.2 Å². The molecular weight excluding hydrogens is 388 g/mol. The van der Waals surface area contributed by atoms with Crippen molar-refractivity contribution in [2.24, 2.45) is 0 Å². The summed E-state index contributed by atoms with van der Waals surface area (Å²) < 4.78 is 0.517. The van der Waals surface area contributed by atoms with E-state index in [4.69, 9.17) is 0 Å². The lowest BCUT2D eigenvalue weighted by atomic mass is 10.1. The minimum absolute atomic E-state index is 0.113. The maximum Gasteiger partial charge on any atom is 0.279 e. The molecule has 28 heavy (non-hydrogen) atoms. The summed E-state index contributed by atoms with van der Waals surface area (Å²) in [5.74, 6) is -0.757. The molecule has 1 heterocycles. The Hall–Kier alpha value is -4.17. The second-order valence-electron chi connectivity index (χ2n) is 5.41. The number of benzene rings is 2. The number of nitro benzene ring substituents is 2. The largest absolute Gasteiger partial charge is 0.506 e. The fourth-order valence-corrected chi connectivity index (χ4v) is 3.40. The topological polar surface area (TPSA) is 160 Å². The lowest BCUT2D eigenvalue weighted by molar-refractivity contribution is -0.394. The van der Waals surface area contributed by atoms with Crippen molar-refractivity contribution < 1.29 is 15.0 Å². The van der Waals surface area contributed by atoms with E-state index in [1.807, 2.05) is 0 Å². The summed E-state index contributed by atoms with van der Waals surface area (Å²) in [5.41, 5.74) is -2.62. The van der Waals surface area contributed by atoms with E-state index in [0.29, 0.717) is 10.1 Å². The summed E-state index contributed by atoms with van der Waals surface area (Å²) in [5, 5.41) is 42.2. The molecule has 1 N–H and O–H groups in total. The molecule has 138 valence electrons. The van der Waals surface area contributed by atoms with Crippen LogP contribution < -0.4 is 5.56 Å². The smallest absolute Gasteiger partial charge is 0.279 e. The molecule has 2 aromatic carbocycles. The van der Waals surface area contributed by atoms with Crippen molar-refractivity contribution in [1.82, 2.24) is 4.98 Å². The Morgan fingerprint density at radius 3 is 2.29 bits per heavy atom. The van der Waals surface area contributed by atoms with Crippen molar-refractivity contribution in [1.29, 1.82) is 5.26 Å². The van der Waals surface area contributed by atoms with Crippen LogP contribution in [0.15, 0.2) is 47.3 Å². The number of fused-ring (bicyclic) bond motifs is 1. The van der Waals surface area contributed by atoms with Crippen molar-refractivity contribution >= 4 is 44.1 Å². The number of aromatic nitrogens is 1. The molecule has 10 nitrogen and oxygen atoms in total.